The first-order chi connectivity index (χ1) is 12.8. The molecule has 2 rings (SSSR count). The summed E-state index contributed by atoms with van der Waals surface area (Å²) in [5, 5.41) is 7.04. The number of ether oxygens (including phenoxy) is 1. The van der Waals surface area contributed by atoms with Crippen LogP contribution in [0, 0.1) is 5.92 Å². The number of nitrogens with one attached hydrogen (secondary N) is 2. The van der Waals surface area contributed by atoms with Gasteiger partial charge in [-0.3, -0.25) is 4.99 Å². The molecule has 0 aliphatic carbocycles. The molecule has 1 fully saturated rings. The first kappa shape index (κ1) is 25.0. The van der Waals surface area contributed by atoms with Gasteiger partial charge in [-0.25, -0.2) is 0 Å². The van der Waals surface area contributed by atoms with Crippen LogP contribution >= 0.6 is 24.0 Å². The number of nitrogens with zero attached hydrogens (tertiary/aromatic N) is 2. The fourth-order valence-electron chi connectivity index (χ4n) is 3.42. The van der Waals surface area contributed by atoms with Crippen molar-refractivity contribution in [2.24, 2.45) is 10.9 Å². The number of guanidine groups is 1. The van der Waals surface area contributed by atoms with Crippen molar-refractivity contribution in [3.8, 4) is 5.75 Å². The van der Waals surface area contributed by atoms with Crippen LogP contribution in [0.5, 0.6) is 5.75 Å². The van der Waals surface area contributed by atoms with Gasteiger partial charge in [0.15, 0.2) is 5.96 Å². The summed E-state index contributed by atoms with van der Waals surface area (Å²) in [4.78, 5) is 6.98. The fourth-order valence-corrected chi connectivity index (χ4v) is 3.42. The van der Waals surface area contributed by atoms with E-state index in [0.717, 1.165) is 49.1 Å². The summed E-state index contributed by atoms with van der Waals surface area (Å²) in [6, 6.07) is 8.69. The van der Waals surface area contributed by atoms with Crippen LogP contribution in [0.1, 0.15) is 53.0 Å². The van der Waals surface area contributed by atoms with Crippen molar-refractivity contribution in [1.29, 1.82) is 0 Å². The van der Waals surface area contributed by atoms with Crippen molar-refractivity contribution in [3.05, 3.63) is 29.8 Å². The Balaban J connectivity index is 0.00000392. The molecular weight excluding hydrogens is 463 g/mol. The molecule has 0 aromatic heterocycles. The molecule has 160 valence electrons. The first-order valence-electron chi connectivity index (χ1n) is 10.2. The predicted octanol–water partition coefficient (Wildman–Crippen LogP) is 4.27. The molecule has 0 atom stereocenters. The van der Waals surface area contributed by atoms with Gasteiger partial charge in [-0.2, -0.15) is 0 Å². The molecule has 0 radical (unpaired) electrons. The Hall–Kier alpha value is -1.02. The Morgan fingerprint density at radius 2 is 1.86 bits per heavy atom. The largest absolute Gasteiger partial charge is 0.488 e. The van der Waals surface area contributed by atoms with E-state index >= 15 is 0 Å². The lowest BCUT2D eigenvalue weighted by molar-refractivity contribution is 0.129. The van der Waals surface area contributed by atoms with E-state index in [4.69, 9.17) is 4.74 Å². The highest BCUT2D eigenvalue weighted by atomic mass is 127. The van der Waals surface area contributed by atoms with Crippen molar-refractivity contribution in [2.45, 2.75) is 65.6 Å². The number of benzene rings is 1. The van der Waals surface area contributed by atoms with Crippen LogP contribution in [-0.2, 0) is 6.54 Å². The zero-order chi connectivity index (χ0) is 19.9. The number of hydrogen-bond donors (Lipinski definition) is 2. The maximum atomic E-state index is 6.09. The summed E-state index contributed by atoms with van der Waals surface area (Å²) in [7, 11) is 1.83. The lowest BCUT2D eigenvalue weighted by Crippen LogP contribution is -2.49. The second kappa shape index (κ2) is 11.9. The average molecular weight is 502 g/mol. The average Bonchev–Trinajstić information content (AvgIpc) is 2.59. The van der Waals surface area contributed by atoms with E-state index in [0.29, 0.717) is 12.6 Å². The van der Waals surface area contributed by atoms with E-state index in [9.17, 15) is 0 Å². The normalized spacial score (nSPS) is 16.6. The van der Waals surface area contributed by atoms with E-state index in [1.807, 2.05) is 25.2 Å². The molecule has 1 saturated heterocycles. The van der Waals surface area contributed by atoms with Crippen LogP contribution in [0.3, 0.4) is 0 Å². The van der Waals surface area contributed by atoms with E-state index in [-0.39, 0.29) is 29.6 Å². The van der Waals surface area contributed by atoms with Gasteiger partial charge >= 0.3 is 0 Å². The third kappa shape index (κ3) is 8.99. The minimum Gasteiger partial charge on any atom is -0.488 e. The summed E-state index contributed by atoms with van der Waals surface area (Å²) in [5.41, 5.74) is 0.933. The van der Waals surface area contributed by atoms with Crippen molar-refractivity contribution in [1.82, 2.24) is 15.5 Å². The monoisotopic (exact) mass is 502 g/mol. The molecule has 2 N–H and O–H groups in total. The molecule has 1 aromatic rings. The third-order valence-electron chi connectivity index (χ3n) is 4.61. The first-order valence-corrected chi connectivity index (χ1v) is 10.2. The van der Waals surface area contributed by atoms with E-state index < -0.39 is 0 Å². The Morgan fingerprint density at radius 1 is 1.21 bits per heavy atom. The molecule has 6 heteroatoms. The number of para-hydroxylation sites is 1. The number of likely N-dealkylation sites (tertiary alicyclic amines) is 1. The van der Waals surface area contributed by atoms with Gasteiger partial charge in [-0.15, -0.1) is 24.0 Å². The molecule has 0 unspecified atom stereocenters. The van der Waals surface area contributed by atoms with Crippen molar-refractivity contribution in [3.63, 3.8) is 0 Å². The van der Waals surface area contributed by atoms with Crippen LogP contribution in [0.4, 0.5) is 0 Å². The van der Waals surface area contributed by atoms with Crippen molar-refractivity contribution in [2.75, 3.05) is 26.7 Å². The topological polar surface area (TPSA) is 48.9 Å². The second-order valence-electron chi connectivity index (χ2n) is 8.86. The number of aliphatic imine (C=N–C) groups is 1. The van der Waals surface area contributed by atoms with E-state index in [2.05, 4.69) is 61.2 Å². The number of piperidine rings is 1. The molecule has 5 nitrogen and oxygen atoms in total. The summed E-state index contributed by atoms with van der Waals surface area (Å²) in [5.74, 6) is 2.53. The molecule has 1 aromatic carbocycles. The Kier molecular flexibility index (Phi) is 10.6. The minimum absolute atomic E-state index is 0. The molecule has 0 amide bonds. The van der Waals surface area contributed by atoms with Gasteiger partial charge in [0, 0.05) is 44.8 Å². The molecule has 0 saturated carbocycles. The van der Waals surface area contributed by atoms with Gasteiger partial charge in [-0.1, -0.05) is 32.0 Å². The standard InChI is InChI=1S/C22H38N4O.HI/c1-17(2)16-26-13-11-19(12-14-26)25-21(23-6)24-15-18-9-7-8-10-20(18)27-22(3,4)5;/h7-10,17,19H,11-16H2,1-6H3,(H2,23,24,25);1H. The molecular formula is C22H39IN4O. The van der Waals surface area contributed by atoms with E-state index in [1.165, 1.54) is 6.54 Å². The van der Waals surface area contributed by atoms with Crippen LogP contribution in [0.25, 0.3) is 0 Å². The second-order valence-corrected chi connectivity index (χ2v) is 8.86. The van der Waals surface area contributed by atoms with Crippen LogP contribution in [0.15, 0.2) is 29.3 Å². The summed E-state index contributed by atoms with van der Waals surface area (Å²) in [6.07, 6.45) is 2.33. The van der Waals surface area contributed by atoms with Gasteiger partial charge in [0.1, 0.15) is 11.4 Å². The molecule has 0 bridgehead atoms. The minimum atomic E-state index is -0.208. The van der Waals surface area contributed by atoms with Gasteiger partial charge in [-0.05, 0) is 45.6 Å². The van der Waals surface area contributed by atoms with Gasteiger partial charge in [0.05, 0.1) is 0 Å². The maximum absolute atomic E-state index is 6.09. The summed E-state index contributed by atoms with van der Waals surface area (Å²) < 4.78 is 6.09. The molecule has 1 aliphatic heterocycles. The predicted molar refractivity (Wildman–Crippen MR) is 130 cm³/mol. The van der Waals surface area contributed by atoms with Gasteiger partial charge in [0.2, 0.25) is 0 Å². The van der Waals surface area contributed by atoms with Gasteiger partial charge < -0.3 is 20.3 Å². The Bertz CT molecular complexity index is 605. The van der Waals surface area contributed by atoms with Crippen LogP contribution < -0.4 is 15.4 Å². The van der Waals surface area contributed by atoms with E-state index in [1.54, 1.807) is 0 Å². The van der Waals surface area contributed by atoms with Gasteiger partial charge in [0.25, 0.3) is 0 Å². The third-order valence-corrected chi connectivity index (χ3v) is 4.61. The van der Waals surface area contributed by atoms with Crippen molar-refractivity contribution < 1.29 is 4.74 Å². The quantitative estimate of drug-likeness (QED) is 0.347. The molecule has 28 heavy (non-hydrogen) atoms. The number of halogens is 1. The highest BCUT2D eigenvalue weighted by Gasteiger charge is 2.20. The Labute approximate surface area is 188 Å². The zero-order valence-electron chi connectivity index (χ0n) is 18.4. The lowest BCUT2D eigenvalue weighted by atomic mass is 10.0. The summed E-state index contributed by atoms with van der Waals surface area (Å²) in [6.45, 7) is 15.0. The van der Waals surface area contributed by atoms with Crippen LogP contribution in [-0.4, -0.2) is 49.2 Å². The Morgan fingerprint density at radius 3 is 2.43 bits per heavy atom. The fraction of sp³-hybridized carbons (Fsp3) is 0.682. The number of hydrogen-bond acceptors (Lipinski definition) is 3. The zero-order valence-corrected chi connectivity index (χ0v) is 20.7. The maximum Gasteiger partial charge on any atom is 0.191 e. The number of rotatable bonds is 6. The molecule has 1 heterocycles. The smallest absolute Gasteiger partial charge is 0.191 e. The SMILES string of the molecule is CN=C(NCc1ccccc1OC(C)(C)C)NC1CCN(CC(C)C)CC1.I. The molecule has 1 aliphatic rings. The van der Waals surface area contributed by atoms with Crippen molar-refractivity contribution >= 4 is 29.9 Å². The summed E-state index contributed by atoms with van der Waals surface area (Å²) >= 11 is 0. The van der Waals surface area contributed by atoms with Crippen LogP contribution in [0.2, 0.25) is 0 Å². The lowest BCUT2D eigenvalue weighted by Gasteiger charge is -2.34. The highest BCUT2D eigenvalue weighted by molar-refractivity contribution is 14.0. The highest BCUT2D eigenvalue weighted by Crippen LogP contribution is 2.22. The molecule has 0 spiro atoms.